The number of benzene rings is 1. The average molecular weight is 475 g/mol. The van der Waals surface area contributed by atoms with Crippen molar-refractivity contribution in [1.82, 2.24) is 4.98 Å². The van der Waals surface area contributed by atoms with Gasteiger partial charge in [0.2, 0.25) is 0 Å². The van der Waals surface area contributed by atoms with Crippen molar-refractivity contribution in [2.75, 3.05) is 0 Å². The Morgan fingerprint density at radius 3 is 2.55 bits per heavy atom. The van der Waals surface area contributed by atoms with E-state index in [4.69, 9.17) is 5.11 Å². The number of aliphatic hydroxyl groups excluding tert-OH is 1. The number of aliphatic hydroxyl groups is 1. The molecule has 118 valence electrons. The fraction of sp³-hybridized carbons (Fsp3) is 0.222. The summed E-state index contributed by atoms with van der Waals surface area (Å²) in [7, 11) is 0. The molecule has 0 spiro atoms. The van der Waals surface area contributed by atoms with E-state index in [-0.39, 0.29) is 32.6 Å². The zero-order valence-corrected chi connectivity index (χ0v) is 14.8. The van der Waals surface area contributed by atoms with Crippen LogP contribution in [0.25, 0.3) is 11.3 Å². The van der Waals surface area contributed by atoms with E-state index < -0.39 is 0 Å². The molecule has 1 N–H and O–H groups in total. The van der Waals surface area contributed by atoms with Crippen molar-refractivity contribution in [3.63, 3.8) is 0 Å². The number of hydrogen-bond acceptors (Lipinski definition) is 3. The van der Waals surface area contributed by atoms with Crippen LogP contribution in [0.4, 0.5) is 0 Å². The molecular weight excluding hydrogens is 457 g/mol. The van der Waals surface area contributed by atoms with Crippen LogP contribution in [-0.2, 0) is 38.7 Å². The Labute approximate surface area is 145 Å². The van der Waals surface area contributed by atoms with Gasteiger partial charge < -0.3 is 10.1 Å². The fourth-order valence-electron chi connectivity index (χ4n) is 2.33. The van der Waals surface area contributed by atoms with Gasteiger partial charge in [0.25, 0.3) is 0 Å². The number of carbonyl (C=O) groups is 1. The van der Waals surface area contributed by atoms with Gasteiger partial charge in [-0.1, -0.05) is 18.1 Å². The second kappa shape index (κ2) is 8.65. The Kier molecular flexibility index (Phi) is 7.20. The molecule has 2 aromatic rings. The number of hydrogen-bond donors (Lipinski definition) is 1. The second-order valence-electron chi connectivity index (χ2n) is 4.98. The molecule has 0 atom stereocenters. The number of pyridine rings is 1. The van der Waals surface area contributed by atoms with Crippen molar-refractivity contribution in [1.29, 1.82) is 0 Å². The molecule has 0 amide bonds. The van der Waals surface area contributed by atoms with E-state index in [1.165, 1.54) is 36.6 Å². The first-order chi connectivity index (χ1) is 10.1. The third-order valence-corrected chi connectivity index (χ3v) is 3.15. The zero-order chi connectivity index (χ0) is 15.2. The zero-order valence-electron chi connectivity index (χ0n) is 12.6. The first-order valence-electron chi connectivity index (χ1n) is 6.89. The van der Waals surface area contributed by atoms with Crippen molar-refractivity contribution >= 4 is 5.78 Å². The molecule has 0 unspecified atom stereocenters. The van der Waals surface area contributed by atoms with Gasteiger partial charge in [-0.2, -0.15) is 0 Å². The second-order valence-corrected chi connectivity index (χ2v) is 4.98. The Bertz CT molecular complexity index is 631. The van der Waals surface area contributed by atoms with E-state index in [1.54, 1.807) is 0 Å². The molecule has 0 radical (unpaired) electrons. The van der Waals surface area contributed by atoms with Gasteiger partial charge in [-0.05, 0) is 32.0 Å². The summed E-state index contributed by atoms with van der Waals surface area (Å²) in [5, 5.41) is 8.36. The van der Waals surface area contributed by atoms with Crippen LogP contribution in [0.2, 0.25) is 0 Å². The topological polar surface area (TPSA) is 50.2 Å². The van der Waals surface area contributed by atoms with Gasteiger partial charge in [0.05, 0.1) is 5.76 Å². The summed E-state index contributed by atoms with van der Waals surface area (Å²) in [5.74, 6) is -0.0625. The van der Waals surface area contributed by atoms with Gasteiger partial charge in [-0.3, -0.25) is 4.79 Å². The van der Waals surface area contributed by atoms with E-state index in [9.17, 15) is 4.79 Å². The minimum atomic E-state index is -0.125. The maximum absolute atomic E-state index is 10.0. The van der Waals surface area contributed by atoms with Crippen LogP contribution in [-0.4, -0.2) is 15.9 Å². The fourth-order valence-corrected chi connectivity index (χ4v) is 2.33. The molecule has 1 aliphatic rings. The predicted octanol–water partition coefficient (Wildman–Crippen LogP) is 3.68. The van der Waals surface area contributed by atoms with Gasteiger partial charge in [0.1, 0.15) is 0 Å². The molecule has 22 heavy (non-hydrogen) atoms. The van der Waals surface area contributed by atoms with Crippen LogP contribution in [0, 0.1) is 6.07 Å². The van der Waals surface area contributed by atoms with Crippen LogP contribution in [0.15, 0.2) is 48.4 Å². The van der Waals surface area contributed by atoms with Gasteiger partial charge in [-0.25, -0.2) is 0 Å². The number of aryl methyl sites for hydroxylation is 2. The summed E-state index contributed by atoms with van der Waals surface area (Å²) in [4.78, 5) is 14.4. The molecular formula is C18H18NO2Pt-. The number of aromatic nitrogens is 1. The molecule has 0 bridgehead atoms. The Morgan fingerprint density at radius 1 is 1.23 bits per heavy atom. The predicted molar refractivity (Wildman–Crippen MR) is 83.0 cm³/mol. The number of nitrogens with zero attached hydrogens (tertiary/aromatic N) is 1. The van der Waals surface area contributed by atoms with Gasteiger partial charge in [-0.15, -0.1) is 35.4 Å². The summed E-state index contributed by atoms with van der Waals surface area (Å²) in [6.07, 6.45) is 5.24. The molecule has 1 aromatic heterocycles. The number of ketones is 1. The van der Waals surface area contributed by atoms with Crippen molar-refractivity contribution in [3.05, 3.63) is 65.6 Å². The van der Waals surface area contributed by atoms with Crippen molar-refractivity contribution < 1.29 is 31.0 Å². The minimum absolute atomic E-state index is 0. The molecule has 0 fully saturated rings. The van der Waals surface area contributed by atoms with Crippen molar-refractivity contribution in [2.45, 2.75) is 26.7 Å². The van der Waals surface area contributed by atoms with Crippen molar-refractivity contribution in [3.8, 4) is 11.3 Å². The third kappa shape index (κ3) is 4.92. The minimum Gasteiger partial charge on any atom is -0.512 e. The van der Waals surface area contributed by atoms with Crippen LogP contribution >= 0.6 is 0 Å². The number of rotatable bonds is 1. The summed E-state index contributed by atoms with van der Waals surface area (Å²) in [6, 6.07) is 13.6. The smallest absolute Gasteiger partial charge is 0.155 e. The molecule has 3 rings (SSSR count). The molecule has 0 saturated carbocycles. The summed E-state index contributed by atoms with van der Waals surface area (Å²) in [5.41, 5.74) is 5.03. The number of carbonyl (C=O) groups excluding carboxylic acids is 1. The number of allylic oxidation sites excluding steroid dienone is 2. The third-order valence-electron chi connectivity index (χ3n) is 3.15. The van der Waals surface area contributed by atoms with Crippen LogP contribution in [0.3, 0.4) is 0 Å². The summed E-state index contributed by atoms with van der Waals surface area (Å²) < 4.78 is 0. The van der Waals surface area contributed by atoms with Crippen LogP contribution in [0.5, 0.6) is 0 Å². The Hall–Kier alpha value is -1.73. The molecule has 4 heteroatoms. The monoisotopic (exact) mass is 475 g/mol. The normalized spacial score (nSPS) is 12.0. The number of fused-ring (bicyclic) bond motifs is 3. The van der Waals surface area contributed by atoms with Gasteiger partial charge in [0.15, 0.2) is 5.78 Å². The average Bonchev–Trinajstić information content (AvgIpc) is 2.46. The Balaban J connectivity index is 0.000000264. The van der Waals surface area contributed by atoms with E-state index in [1.807, 2.05) is 24.4 Å². The van der Waals surface area contributed by atoms with Crippen LogP contribution in [0.1, 0.15) is 25.0 Å². The van der Waals surface area contributed by atoms with Crippen LogP contribution < -0.4 is 0 Å². The maximum Gasteiger partial charge on any atom is 0.155 e. The van der Waals surface area contributed by atoms with Gasteiger partial charge in [0, 0.05) is 33.3 Å². The first kappa shape index (κ1) is 18.3. The van der Waals surface area contributed by atoms with E-state index >= 15 is 0 Å². The Morgan fingerprint density at radius 2 is 1.91 bits per heavy atom. The van der Waals surface area contributed by atoms with Gasteiger partial charge >= 0.3 is 0 Å². The first-order valence-corrected chi connectivity index (χ1v) is 6.89. The standard InChI is InChI=1S/C13H10N.C5H8O2.Pt/c1-2-6-12-10(4-1)7-8-11-5-3-9-14-13(11)12;1-4(6)3-5(2)7;/h1-5,9H,7-8H2;3,6H,1-2H3;/q-1;;/b;4-3-;. The summed E-state index contributed by atoms with van der Waals surface area (Å²) in [6.45, 7) is 2.85. The van der Waals surface area contributed by atoms with E-state index in [0.29, 0.717) is 0 Å². The van der Waals surface area contributed by atoms with Crippen molar-refractivity contribution in [2.24, 2.45) is 0 Å². The van der Waals surface area contributed by atoms with E-state index in [0.717, 1.165) is 18.5 Å². The van der Waals surface area contributed by atoms with E-state index in [2.05, 4.69) is 23.2 Å². The molecule has 3 nitrogen and oxygen atoms in total. The quantitative estimate of drug-likeness (QED) is 0.389. The molecule has 1 aromatic carbocycles. The SMILES string of the molecule is CC(=O)/C=C(/C)O.[Pt].[c-]1cccc2c1-c1ncccc1CC2. The molecule has 0 aliphatic heterocycles. The molecule has 1 aliphatic carbocycles. The molecule has 0 saturated heterocycles. The summed E-state index contributed by atoms with van der Waals surface area (Å²) >= 11 is 0. The maximum atomic E-state index is 10.0. The largest absolute Gasteiger partial charge is 0.512 e. The molecule has 1 heterocycles.